The second-order valence-corrected chi connectivity index (χ2v) is 10.8. The van der Waals surface area contributed by atoms with E-state index in [0.717, 1.165) is 16.3 Å². The van der Waals surface area contributed by atoms with E-state index in [2.05, 4.69) is 4.98 Å². The van der Waals surface area contributed by atoms with E-state index in [1.807, 2.05) is 25.3 Å². The maximum absolute atomic E-state index is 12.9. The molecule has 9 nitrogen and oxygen atoms in total. The maximum Gasteiger partial charge on any atom is 0.251 e. The van der Waals surface area contributed by atoms with Crippen molar-refractivity contribution >= 4 is 29.0 Å². The van der Waals surface area contributed by atoms with Crippen molar-refractivity contribution in [2.45, 2.75) is 96.2 Å². The summed E-state index contributed by atoms with van der Waals surface area (Å²) in [6, 6.07) is 0. The second-order valence-electron chi connectivity index (χ2n) is 9.71. The summed E-state index contributed by atoms with van der Waals surface area (Å²) in [4.78, 5) is 30.2. The molecule has 0 aliphatic heterocycles. The van der Waals surface area contributed by atoms with E-state index >= 15 is 0 Å². The lowest BCUT2D eigenvalue weighted by Crippen LogP contribution is -2.55. The minimum Gasteiger partial charge on any atom is -0.513 e. The monoisotopic (exact) mass is 525 g/mol. The Hall–Kier alpha value is -1.95. The summed E-state index contributed by atoms with van der Waals surface area (Å²) in [5.41, 5.74) is 1.57. The molecule has 6 N–H and O–H groups in total. The number of rotatable bonds is 4. The van der Waals surface area contributed by atoms with Crippen LogP contribution in [0.1, 0.15) is 75.9 Å². The van der Waals surface area contributed by atoms with Gasteiger partial charge >= 0.3 is 0 Å². The van der Waals surface area contributed by atoms with Gasteiger partial charge in [-0.1, -0.05) is 18.9 Å². The Labute approximate surface area is 215 Å². The zero-order valence-electron chi connectivity index (χ0n) is 21.1. The van der Waals surface area contributed by atoms with Crippen molar-refractivity contribution < 1.29 is 40.2 Å². The van der Waals surface area contributed by atoms with Crippen LogP contribution < -0.4 is 0 Å². The lowest BCUT2D eigenvalue weighted by atomic mass is 9.81. The predicted molar refractivity (Wildman–Crippen MR) is 136 cm³/mol. The SMILES string of the molecule is CCC[C@H]1C(=O)C(O)(O)[C@@H](O)CC(=O)C[C@H](/C(C)=C/c2csc(C)n2)C/C=C(/O)CCC[C@H](O)[C@H]1O. The highest BCUT2D eigenvalue weighted by Gasteiger charge is 2.48. The minimum absolute atomic E-state index is 0.0495. The van der Waals surface area contributed by atoms with Crippen LogP contribution in [0, 0.1) is 18.8 Å². The fourth-order valence-electron chi connectivity index (χ4n) is 4.46. The zero-order valence-corrected chi connectivity index (χ0v) is 21.9. The third kappa shape index (κ3) is 8.29. The number of hydrogen-bond acceptors (Lipinski definition) is 10. The number of nitrogens with zero attached hydrogens (tertiary/aromatic N) is 1. The third-order valence-corrected chi connectivity index (χ3v) is 7.48. The molecule has 0 radical (unpaired) electrons. The summed E-state index contributed by atoms with van der Waals surface area (Å²) in [5.74, 6) is -6.61. The Balaban J connectivity index is 2.36. The molecule has 0 spiro atoms. The molecule has 0 fully saturated rings. The van der Waals surface area contributed by atoms with E-state index in [9.17, 15) is 40.2 Å². The third-order valence-electron chi connectivity index (χ3n) is 6.69. The average molecular weight is 526 g/mol. The number of aliphatic hydroxyl groups is 6. The van der Waals surface area contributed by atoms with E-state index in [1.165, 1.54) is 11.3 Å². The van der Waals surface area contributed by atoms with Crippen LogP contribution >= 0.6 is 11.3 Å². The standard InChI is InChI=1S/C26H39NO8S/c1-4-6-21-24(32)22(30)8-5-7-19(28)10-9-17(15(2)11-18-14-36-16(3)27-18)12-20(29)13-23(31)26(34,35)25(21)33/h10-11,14,17,21-24,28,30-32,34-35H,4-9,12-13H2,1-3H3/b15-11+,19-10+/t17-,21-,22+,23+,24+/m1/s1. The number of aliphatic hydroxyl groups excluding tert-OH is 4. The van der Waals surface area contributed by atoms with Crippen molar-refractivity contribution in [2.75, 3.05) is 0 Å². The summed E-state index contributed by atoms with van der Waals surface area (Å²) in [5, 5.41) is 65.6. The lowest BCUT2D eigenvalue weighted by molar-refractivity contribution is -0.227. The molecule has 202 valence electrons. The Morgan fingerprint density at radius 3 is 2.53 bits per heavy atom. The van der Waals surface area contributed by atoms with Gasteiger partial charge in [0, 0.05) is 24.6 Å². The van der Waals surface area contributed by atoms with Crippen LogP contribution in [0.15, 0.2) is 22.8 Å². The summed E-state index contributed by atoms with van der Waals surface area (Å²) in [7, 11) is 0. The molecule has 1 aromatic rings. The van der Waals surface area contributed by atoms with E-state index in [0.29, 0.717) is 19.3 Å². The molecule has 0 saturated carbocycles. The number of ketones is 2. The van der Waals surface area contributed by atoms with Crippen LogP contribution in [0.4, 0.5) is 0 Å². The van der Waals surface area contributed by atoms with Gasteiger partial charge in [-0.3, -0.25) is 9.59 Å². The number of thiazole rings is 1. The van der Waals surface area contributed by atoms with Crippen molar-refractivity contribution in [2.24, 2.45) is 11.8 Å². The van der Waals surface area contributed by atoms with Crippen molar-refractivity contribution in [3.05, 3.63) is 33.5 Å². The van der Waals surface area contributed by atoms with E-state index in [4.69, 9.17) is 0 Å². The number of carbonyl (C=O) groups excluding carboxylic acids is 2. The molecule has 1 aliphatic carbocycles. The van der Waals surface area contributed by atoms with Gasteiger partial charge in [0.15, 0.2) is 5.78 Å². The molecule has 2 rings (SSSR count). The van der Waals surface area contributed by atoms with E-state index < -0.39 is 48.0 Å². The van der Waals surface area contributed by atoms with Crippen LogP contribution in [0.25, 0.3) is 6.08 Å². The molecule has 0 amide bonds. The molecule has 36 heavy (non-hydrogen) atoms. The molecule has 0 saturated heterocycles. The molecule has 0 bridgehead atoms. The van der Waals surface area contributed by atoms with Gasteiger partial charge in [-0.25, -0.2) is 4.98 Å². The van der Waals surface area contributed by atoms with Gasteiger partial charge in [0.1, 0.15) is 11.9 Å². The summed E-state index contributed by atoms with van der Waals surface area (Å²) in [6.45, 7) is 5.45. The summed E-state index contributed by atoms with van der Waals surface area (Å²) < 4.78 is 0. The topological polar surface area (TPSA) is 168 Å². The smallest absolute Gasteiger partial charge is 0.251 e. The molecule has 1 aliphatic rings. The fourth-order valence-corrected chi connectivity index (χ4v) is 5.03. The lowest BCUT2D eigenvalue weighted by Gasteiger charge is -2.33. The first-order valence-corrected chi connectivity index (χ1v) is 13.3. The average Bonchev–Trinajstić information content (AvgIpc) is 3.22. The Kier molecular flexibility index (Phi) is 11.4. The number of allylic oxidation sites excluding steroid dienone is 3. The fraction of sp³-hybridized carbons (Fsp3) is 0.654. The highest BCUT2D eigenvalue weighted by molar-refractivity contribution is 7.09. The molecule has 1 aromatic heterocycles. The Morgan fingerprint density at radius 2 is 1.92 bits per heavy atom. The maximum atomic E-state index is 12.9. The number of aryl methyl sites for hydroxylation is 1. The van der Waals surface area contributed by atoms with Gasteiger partial charge in [-0.05, 0) is 57.6 Å². The number of carbonyl (C=O) groups is 2. The van der Waals surface area contributed by atoms with Gasteiger partial charge < -0.3 is 30.6 Å². The first-order valence-electron chi connectivity index (χ1n) is 12.4. The van der Waals surface area contributed by atoms with Crippen LogP contribution in [0.5, 0.6) is 0 Å². The Bertz CT molecular complexity index is 953. The van der Waals surface area contributed by atoms with Crippen LogP contribution in [-0.2, 0) is 9.59 Å². The predicted octanol–water partition coefficient (Wildman–Crippen LogP) is 2.59. The van der Waals surface area contributed by atoms with Crippen molar-refractivity contribution in [1.82, 2.24) is 4.98 Å². The van der Waals surface area contributed by atoms with Crippen LogP contribution in [-0.4, -0.2) is 71.3 Å². The van der Waals surface area contributed by atoms with Crippen molar-refractivity contribution in [3.8, 4) is 0 Å². The quantitative estimate of drug-likeness (QED) is 0.324. The van der Waals surface area contributed by atoms with Gasteiger partial charge in [-0.2, -0.15) is 0 Å². The number of aromatic nitrogens is 1. The molecule has 0 aromatic carbocycles. The minimum atomic E-state index is -3.26. The summed E-state index contributed by atoms with van der Waals surface area (Å²) in [6.07, 6.45) is -0.957. The van der Waals surface area contributed by atoms with Crippen molar-refractivity contribution in [1.29, 1.82) is 0 Å². The van der Waals surface area contributed by atoms with E-state index in [-0.39, 0.29) is 37.4 Å². The number of hydrogen-bond donors (Lipinski definition) is 6. The molecular weight excluding hydrogens is 486 g/mol. The highest BCUT2D eigenvalue weighted by atomic mass is 32.1. The first kappa shape index (κ1) is 30.3. The molecule has 0 unspecified atom stereocenters. The van der Waals surface area contributed by atoms with Gasteiger partial charge in [0.25, 0.3) is 5.79 Å². The first-order chi connectivity index (χ1) is 16.9. The van der Waals surface area contributed by atoms with Crippen LogP contribution in [0.3, 0.4) is 0 Å². The normalized spacial score (nSPS) is 31.2. The largest absolute Gasteiger partial charge is 0.513 e. The zero-order chi connectivity index (χ0) is 27.0. The van der Waals surface area contributed by atoms with Gasteiger partial charge in [-0.15, -0.1) is 11.3 Å². The summed E-state index contributed by atoms with van der Waals surface area (Å²) >= 11 is 1.49. The van der Waals surface area contributed by atoms with Crippen LogP contribution in [0.2, 0.25) is 0 Å². The highest BCUT2D eigenvalue weighted by Crippen LogP contribution is 2.29. The molecule has 5 atom stereocenters. The molecule has 1 heterocycles. The van der Waals surface area contributed by atoms with Gasteiger partial charge in [0.2, 0.25) is 0 Å². The van der Waals surface area contributed by atoms with E-state index in [1.54, 1.807) is 13.0 Å². The number of Topliss-reactive ketones (excluding diaryl/α,β-unsaturated/α-hetero) is 2. The van der Waals surface area contributed by atoms with Crippen molar-refractivity contribution in [3.63, 3.8) is 0 Å². The second kappa shape index (κ2) is 13.6. The van der Waals surface area contributed by atoms with Gasteiger partial charge in [0.05, 0.1) is 34.6 Å². The Morgan fingerprint density at radius 1 is 1.22 bits per heavy atom. The molecule has 10 heteroatoms. The molecular formula is C26H39NO8S.